The number of nitrogens with zero attached hydrogens (tertiary/aromatic N) is 5. The lowest BCUT2D eigenvalue weighted by Crippen LogP contribution is -2.44. The van der Waals surface area contributed by atoms with E-state index in [0.717, 1.165) is 81.8 Å². The Kier molecular flexibility index (Phi) is 7.46. The molecular weight excluding hydrogens is 460 g/mol. The summed E-state index contributed by atoms with van der Waals surface area (Å²) in [6, 6.07) is 15.3. The first-order chi connectivity index (χ1) is 18.3. The van der Waals surface area contributed by atoms with Crippen molar-refractivity contribution >= 4 is 21.8 Å². The molecule has 6 rings (SSSR count). The number of benzene rings is 1. The van der Waals surface area contributed by atoms with Crippen LogP contribution in [0.25, 0.3) is 21.8 Å². The molecule has 1 atom stereocenters. The van der Waals surface area contributed by atoms with E-state index in [9.17, 15) is 5.11 Å². The third-order valence-corrected chi connectivity index (χ3v) is 8.17. The summed E-state index contributed by atoms with van der Waals surface area (Å²) in [4.78, 5) is 15.1. The number of aliphatic hydroxyl groups excluding tert-OH is 1. The molecule has 0 radical (unpaired) electrons. The number of hydrogen-bond acceptors (Lipinski definition) is 6. The van der Waals surface area contributed by atoms with E-state index in [4.69, 9.17) is 9.97 Å². The van der Waals surface area contributed by atoms with E-state index in [-0.39, 0.29) is 6.61 Å². The number of nitrogens with one attached hydrogen (secondary N) is 1. The molecule has 2 N–H and O–H groups in total. The number of fused-ring (bicyclic) bond motifs is 4. The van der Waals surface area contributed by atoms with Crippen LogP contribution in [0.15, 0.2) is 54.9 Å². The van der Waals surface area contributed by atoms with Gasteiger partial charge in [0.05, 0.1) is 29.6 Å². The molecular formula is C30H38N6O. The van der Waals surface area contributed by atoms with Crippen molar-refractivity contribution in [3.63, 3.8) is 0 Å². The first-order valence-corrected chi connectivity index (χ1v) is 13.9. The number of pyridine rings is 2. The van der Waals surface area contributed by atoms with Crippen molar-refractivity contribution in [2.45, 2.75) is 44.8 Å². The number of para-hydroxylation sites is 1. The molecule has 7 heteroatoms. The summed E-state index contributed by atoms with van der Waals surface area (Å²) in [7, 11) is 0. The smallest absolute Gasteiger partial charge is 0.0787 e. The summed E-state index contributed by atoms with van der Waals surface area (Å²) >= 11 is 0. The van der Waals surface area contributed by atoms with E-state index >= 15 is 0 Å². The van der Waals surface area contributed by atoms with Gasteiger partial charge in [0, 0.05) is 74.5 Å². The van der Waals surface area contributed by atoms with Crippen LogP contribution in [0.3, 0.4) is 0 Å². The Balaban J connectivity index is 1.35. The van der Waals surface area contributed by atoms with E-state index in [2.05, 4.69) is 62.1 Å². The molecule has 0 unspecified atom stereocenters. The summed E-state index contributed by atoms with van der Waals surface area (Å²) in [5, 5.41) is 15.8. The monoisotopic (exact) mass is 498 g/mol. The Morgan fingerprint density at radius 2 is 1.86 bits per heavy atom. The highest BCUT2D eigenvalue weighted by atomic mass is 16.3. The van der Waals surface area contributed by atoms with Crippen molar-refractivity contribution in [1.29, 1.82) is 0 Å². The molecule has 4 heterocycles. The second kappa shape index (κ2) is 11.3. The fourth-order valence-corrected chi connectivity index (χ4v) is 6.43. The van der Waals surface area contributed by atoms with Gasteiger partial charge in [0.1, 0.15) is 0 Å². The first kappa shape index (κ1) is 24.5. The summed E-state index contributed by atoms with van der Waals surface area (Å²) in [5.41, 5.74) is 6.05. The average Bonchev–Trinajstić information content (AvgIpc) is 3.27. The fraction of sp³-hybridized carbons (Fsp3) is 0.467. The van der Waals surface area contributed by atoms with Crippen LogP contribution in [0.4, 0.5) is 0 Å². The topological polar surface area (TPSA) is 69.5 Å². The van der Waals surface area contributed by atoms with Crippen LogP contribution < -0.4 is 5.32 Å². The third kappa shape index (κ3) is 5.01. The van der Waals surface area contributed by atoms with Crippen molar-refractivity contribution in [2.75, 3.05) is 45.9 Å². The standard InChI is InChI=1S/C30H38N6O/c37-21-20-36-27-9-2-1-8-24(27)25-11-13-32-26(30(25)36)22-35(17-5-16-34-18-14-31-15-19-34)28-10-3-6-23-7-4-12-33-29(23)28/h1-2,4,7-9,11-13,28,31,37H,3,5-6,10,14-22H2/t28-/m0/s1. The molecule has 1 aliphatic carbocycles. The lowest BCUT2D eigenvalue weighted by atomic mass is 9.90. The summed E-state index contributed by atoms with van der Waals surface area (Å²) in [5.74, 6) is 0. The van der Waals surface area contributed by atoms with Gasteiger partial charge in [-0.15, -0.1) is 0 Å². The molecule has 0 amide bonds. The normalized spacial score (nSPS) is 18.6. The Bertz CT molecular complexity index is 1340. The van der Waals surface area contributed by atoms with Crippen molar-refractivity contribution < 1.29 is 5.11 Å². The number of aliphatic hydroxyl groups is 1. The highest BCUT2D eigenvalue weighted by molar-refractivity contribution is 6.08. The highest BCUT2D eigenvalue weighted by Crippen LogP contribution is 2.36. The van der Waals surface area contributed by atoms with Crippen LogP contribution in [-0.2, 0) is 19.5 Å². The molecule has 1 aliphatic heterocycles. The Hall–Kier alpha value is -2.84. The van der Waals surface area contributed by atoms with Crippen LogP contribution in [-0.4, -0.2) is 75.3 Å². The maximum atomic E-state index is 9.91. The Morgan fingerprint density at radius 3 is 2.76 bits per heavy atom. The van der Waals surface area contributed by atoms with E-state index in [1.165, 1.54) is 28.5 Å². The van der Waals surface area contributed by atoms with E-state index in [1.807, 2.05) is 12.4 Å². The molecule has 2 aliphatic rings. The number of piperazine rings is 1. The zero-order valence-corrected chi connectivity index (χ0v) is 21.6. The van der Waals surface area contributed by atoms with Gasteiger partial charge in [-0.2, -0.15) is 0 Å². The summed E-state index contributed by atoms with van der Waals surface area (Å²) in [6.07, 6.45) is 8.49. The van der Waals surface area contributed by atoms with Gasteiger partial charge in [-0.3, -0.25) is 14.9 Å². The van der Waals surface area contributed by atoms with Crippen molar-refractivity contribution in [2.24, 2.45) is 0 Å². The van der Waals surface area contributed by atoms with Gasteiger partial charge in [0.2, 0.25) is 0 Å². The molecule has 4 aromatic rings. The van der Waals surface area contributed by atoms with Crippen LogP contribution in [0.2, 0.25) is 0 Å². The Labute approximate surface area is 219 Å². The van der Waals surface area contributed by atoms with Gasteiger partial charge in [0.15, 0.2) is 0 Å². The minimum atomic E-state index is 0.108. The van der Waals surface area contributed by atoms with Gasteiger partial charge in [0.25, 0.3) is 0 Å². The SMILES string of the molecule is OCCn1c2ccccc2c2ccnc(CN(CCCN3CCNCC3)[C@H]3CCCc4cccnc43)c21. The molecule has 0 saturated carbocycles. The number of hydrogen-bond donors (Lipinski definition) is 2. The number of aromatic nitrogens is 3. The first-order valence-electron chi connectivity index (χ1n) is 13.9. The van der Waals surface area contributed by atoms with Gasteiger partial charge in [-0.1, -0.05) is 24.3 Å². The zero-order valence-electron chi connectivity index (χ0n) is 21.6. The molecule has 7 nitrogen and oxygen atoms in total. The minimum Gasteiger partial charge on any atom is -0.395 e. The molecule has 1 fully saturated rings. The largest absolute Gasteiger partial charge is 0.395 e. The predicted molar refractivity (Wildman–Crippen MR) is 149 cm³/mol. The maximum absolute atomic E-state index is 9.91. The lowest BCUT2D eigenvalue weighted by Gasteiger charge is -2.36. The fourth-order valence-electron chi connectivity index (χ4n) is 6.43. The summed E-state index contributed by atoms with van der Waals surface area (Å²) < 4.78 is 2.26. The van der Waals surface area contributed by atoms with Crippen molar-refractivity contribution in [1.82, 2.24) is 29.7 Å². The minimum absolute atomic E-state index is 0.108. The van der Waals surface area contributed by atoms with Crippen molar-refractivity contribution in [3.05, 3.63) is 71.8 Å². The van der Waals surface area contributed by atoms with E-state index < -0.39 is 0 Å². The zero-order chi connectivity index (χ0) is 25.0. The number of aryl methyl sites for hydroxylation is 1. The maximum Gasteiger partial charge on any atom is 0.0787 e. The average molecular weight is 499 g/mol. The second-order valence-electron chi connectivity index (χ2n) is 10.4. The van der Waals surface area contributed by atoms with Gasteiger partial charge in [-0.25, -0.2) is 0 Å². The van der Waals surface area contributed by atoms with Crippen LogP contribution >= 0.6 is 0 Å². The lowest BCUT2D eigenvalue weighted by molar-refractivity contribution is 0.148. The molecule has 3 aromatic heterocycles. The predicted octanol–water partition coefficient (Wildman–Crippen LogP) is 3.75. The molecule has 0 bridgehead atoms. The van der Waals surface area contributed by atoms with Crippen molar-refractivity contribution in [3.8, 4) is 0 Å². The number of rotatable bonds is 9. The van der Waals surface area contributed by atoms with Gasteiger partial charge < -0.3 is 19.9 Å². The van der Waals surface area contributed by atoms with E-state index in [1.54, 1.807) is 0 Å². The van der Waals surface area contributed by atoms with Crippen LogP contribution in [0, 0.1) is 0 Å². The highest BCUT2D eigenvalue weighted by Gasteiger charge is 2.28. The molecule has 194 valence electrons. The molecule has 1 saturated heterocycles. The molecule has 37 heavy (non-hydrogen) atoms. The van der Waals surface area contributed by atoms with Gasteiger partial charge >= 0.3 is 0 Å². The quantitative estimate of drug-likeness (QED) is 0.366. The molecule has 0 spiro atoms. The third-order valence-electron chi connectivity index (χ3n) is 8.17. The van der Waals surface area contributed by atoms with Gasteiger partial charge in [-0.05, 0) is 56.0 Å². The Morgan fingerprint density at radius 1 is 0.973 bits per heavy atom. The molecule has 1 aromatic carbocycles. The second-order valence-corrected chi connectivity index (χ2v) is 10.4. The van der Waals surface area contributed by atoms with E-state index in [0.29, 0.717) is 12.6 Å². The van der Waals surface area contributed by atoms with Crippen LogP contribution in [0.5, 0.6) is 0 Å². The van der Waals surface area contributed by atoms with Crippen LogP contribution in [0.1, 0.15) is 42.3 Å². The summed E-state index contributed by atoms with van der Waals surface area (Å²) in [6.45, 7) is 8.05.